The van der Waals surface area contributed by atoms with Crippen molar-refractivity contribution in [1.29, 1.82) is 0 Å². The van der Waals surface area contributed by atoms with Gasteiger partial charge >= 0.3 is 0 Å². The van der Waals surface area contributed by atoms with E-state index in [1.54, 1.807) is 25.2 Å². The molecule has 1 unspecified atom stereocenters. The standard InChI is InChI=1S/C15H13BrClF2NO/c1-20-15(8-3-6-11(18)12(7-8)21-2)9-4-5-10(16)13(17)14(9)19/h3-7,15,20H,1-2H3. The zero-order chi connectivity index (χ0) is 15.6. The van der Waals surface area contributed by atoms with Gasteiger partial charge in [0.2, 0.25) is 0 Å². The van der Waals surface area contributed by atoms with Gasteiger partial charge in [0.1, 0.15) is 5.82 Å². The summed E-state index contributed by atoms with van der Waals surface area (Å²) in [7, 11) is 3.07. The number of hydrogen-bond acceptors (Lipinski definition) is 2. The van der Waals surface area contributed by atoms with Crippen LogP contribution >= 0.6 is 27.5 Å². The first-order chi connectivity index (χ1) is 9.99. The minimum Gasteiger partial charge on any atom is -0.494 e. The fraction of sp³-hybridized carbons (Fsp3) is 0.200. The molecule has 1 N–H and O–H groups in total. The first-order valence-corrected chi connectivity index (χ1v) is 7.30. The number of ether oxygens (including phenoxy) is 1. The van der Waals surface area contributed by atoms with Crippen molar-refractivity contribution in [2.24, 2.45) is 0 Å². The molecule has 0 fully saturated rings. The molecule has 0 saturated heterocycles. The number of benzene rings is 2. The smallest absolute Gasteiger partial charge is 0.165 e. The highest BCUT2D eigenvalue weighted by Gasteiger charge is 2.20. The van der Waals surface area contributed by atoms with E-state index >= 15 is 0 Å². The fourth-order valence-corrected chi connectivity index (χ4v) is 2.60. The number of hydrogen-bond donors (Lipinski definition) is 1. The summed E-state index contributed by atoms with van der Waals surface area (Å²) in [5.74, 6) is -0.879. The largest absolute Gasteiger partial charge is 0.494 e. The second-order valence-corrected chi connectivity index (χ2v) is 5.61. The summed E-state index contributed by atoms with van der Waals surface area (Å²) in [4.78, 5) is 0. The van der Waals surface area contributed by atoms with Crippen LogP contribution in [-0.2, 0) is 0 Å². The summed E-state index contributed by atoms with van der Waals surface area (Å²) < 4.78 is 33.3. The van der Waals surface area contributed by atoms with Crippen LogP contribution in [0.5, 0.6) is 5.75 Å². The lowest BCUT2D eigenvalue weighted by Crippen LogP contribution is -2.19. The Morgan fingerprint density at radius 2 is 1.95 bits per heavy atom. The number of nitrogens with one attached hydrogen (secondary N) is 1. The highest BCUT2D eigenvalue weighted by atomic mass is 79.9. The quantitative estimate of drug-likeness (QED) is 0.781. The van der Waals surface area contributed by atoms with Gasteiger partial charge < -0.3 is 10.1 Å². The summed E-state index contributed by atoms with van der Waals surface area (Å²) in [5.41, 5.74) is 1.05. The van der Waals surface area contributed by atoms with Crippen LogP contribution in [0.1, 0.15) is 17.2 Å². The third-order valence-electron chi connectivity index (χ3n) is 3.17. The Kier molecular flexibility index (Phi) is 5.19. The van der Waals surface area contributed by atoms with Crippen molar-refractivity contribution in [3.8, 4) is 5.75 Å². The van der Waals surface area contributed by atoms with Gasteiger partial charge in [0.15, 0.2) is 11.6 Å². The molecule has 0 heterocycles. The molecule has 0 aliphatic rings. The second kappa shape index (κ2) is 6.73. The summed E-state index contributed by atoms with van der Waals surface area (Å²) in [6, 6.07) is 7.23. The minimum atomic E-state index is -0.520. The van der Waals surface area contributed by atoms with Gasteiger partial charge in [-0.2, -0.15) is 0 Å². The molecule has 0 saturated carbocycles. The summed E-state index contributed by atoms with van der Waals surface area (Å²) in [6.45, 7) is 0. The first-order valence-electron chi connectivity index (χ1n) is 6.13. The van der Waals surface area contributed by atoms with Crippen LogP contribution in [0.4, 0.5) is 8.78 Å². The van der Waals surface area contributed by atoms with Crippen molar-refractivity contribution in [3.63, 3.8) is 0 Å². The monoisotopic (exact) mass is 375 g/mol. The van der Waals surface area contributed by atoms with Crippen molar-refractivity contribution in [1.82, 2.24) is 5.32 Å². The van der Waals surface area contributed by atoms with E-state index in [0.29, 0.717) is 15.6 Å². The minimum absolute atomic E-state index is 0.0156. The zero-order valence-electron chi connectivity index (χ0n) is 11.4. The zero-order valence-corrected chi connectivity index (χ0v) is 13.7. The molecule has 0 spiro atoms. The van der Waals surface area contributed by atoms with Gasteiger partial charge in [0.25, 0.3) is 0 Å². The van der Waals surface area contributed by atoms with Crippen LogP contribution in [0, 0.1) is 11.6 Å². The average Bonchev–Trinajstić information content (AvgIpc) is 2.49. The maximum absolute atomic E-state index is 14.3. The Morgan fingerprint density at radius 3 is 2.57 bits per heavy atom. The van der Waals surface area contributed by atoms with Crippen LogP contribution in [-0.4, -0.2) is 14.2 Å². The van der Waals surface area contributed by atoms with Gasteiger partial charge in [0.05, 0.1) is 18.2 Å². The van der Waals surface area contributed by atoms with Crippen molar-refractivity contribution >= 4 is 27.5 Å². The number of methoxy groups -OCH3 is 1. The van der Waals surface area contributed by atoms with Crippen LogP contribution in [0.3, 0.4) is 0 Å². The van der Waals surface area contributed by atoms with Gasteiger partial charge in [-0.25, -0.2) is 8.78 Å². The first kappa shape index (κ1) is 16.2. The van der Waals surface area contributed by atoms with Crippen molar-refractivity contribution in [2.75, 3.05) is 14.2 Å². The SMILES string of the molecule is CNC(c1ccc(F)c(OC)c1)c1ccc(Br)c(Cl)c1F. The Labute approximate surface area is 135 Å². The van der Waals surface area contributed by atoms with E-state index in [-0.39, 0.29) is 10.8 Å². The molecule has 2 aromatic rings. The summed E-state index contributed by atoms with van der Waals surface area (Å²) in [6.07, 6.45) is 0. The normalized spacial score (nSPS) is 12.3. The molecule has 2 nitrogen and oxygen atoms in total. The second-order valence-electron chi connectivity index (χ2n) is 4.38. The highest BCUT2D eigenvalue weighted by Crippen LogP contribution is 2.34. The lowest BCUT2D eigenvalue weighted by atomic mass is 9.98. The Balaban J connectivity index is 2.52. The molecule has 0 bridgehead atoms. The molecule has 1 atom stereocenters. The van der Waals surface area contributed by atoms with E-state index in [1.165, 1.54) is 19.2 Å². The maximum Gasteiger partial charge on any atom is 0.165 e. The molecule has 0 aliphatic heterocycles. The number of rotatable bonds is 4. The molecule has 112 valence electrons. The molecule has 21 heavy (non-hydrogen) atoms. The van der Waals surface area contributed by atoms with Gasteiger partial charge in [-0.1, -0.05) is 23.7 Å². The van der Waals surface area contributed by atoms with Crippen LogP contribution in [0.2, 0.25) is 5.02 Å². The van der Waals surface area contributed by atoms with Crippen molar-refractivity contribution in [2.45, 2.75) is 6.04 Å². The molecule has 0 amide bonds. The third-order valence-corrected chi connectivity index (χ3v) is 4.43. The molecule has 2 rings (SSSR count). The van der Waals surface area contributed by atoms with E-state index in [1.807, 2.05) is 0 Å². The van der Waals surface area contributed by atoms with Gasteiger partial charge in [-0.15, -0.1) is 0 Å². The average molecular weight is 377 g/mol. The Bertz CT molecular complexity index is 666. The molecule has 2 aromatic carbocycles. The van der Waals surface area contributed by atoms with E-state index < -0.39 is 17.7 Å². The van der Waals surface area contributed by atoms with Gasteiger partial charge in [-0.05, 0) is 46.7 Å². The van der Waals surface area contributed by atoms with E-state index in [2.05, 4.69) is 21.2 Å². The van der Waals surface area contributed by atoms with Crippen LogP contribution in [0.25, 0.3) is 0 Å². The topological polar surface area (TPSA) is 21.3 Å². The molecular formula is C15H13BrClF2NO. The Morgan fingerprint density at radius 1 is 1.24 bits per heavy atom. The lowest BCUT2D eigenvalue weighted by molar-refractivity contribution is 0.385. The van der Waals surface area contributed by atoms with E-state index in [4.69, 9.17) is 16.3 Å². The fourth-order valence-electron chi connectivity index (χ4n) is 2.12. The highest BCUT2D eigenvalue weighted by molar-refractivity contribution is 9.10. The van der Waals surface area contributed by atoms with Gasteiger partial charge in [-0.3, -0.25) is 0 Å². The van der Waals surface area contributed by atoms with E-state index in [0.717, 1.165) is 0 Å². The molecule has 0 aliphatic carbocycles. The lowest BCUT2D eigenvalue weighted by Gasteiger charge is -2.19. The summed E-state index contributed by atoms with van der Waals surface area (Å²) >= 11 is 9.10. The predicted molar refractivity (Wildman–Crippen MR) is 83.0 cm³/mol. The predicted octanol–water partition coefficient (Wildman–Crippen LogP) is 4.70. The molecular weight excluding hydrogens is 364 g/mol. The maximum atomic E-state index is 14.3. The summed E-state index contributed by atoms with van der Waals surface area (Å²) in [5, 5.41) is 3.02. The van der Waals surface area contributed by atoms with Crippen molar-refractivity contribution < 1.29 is 13.5 Å². The molecule has 6 heteroatoms. The van der Waals surface area contributed by atoms with E-state index in [9.17, 15) is 8.78 Å². The third kappa shape index (κ3) is 3.20. The number of halogens is 4. The van der Waals surface area contributed by atoms with Gasteiger partial charge in [0, 0.05) is 10.0 Å². The molecule has 0 radical (unpaired) electrons. The molecule has 0 aromatic heterocycles. The Hall–Kier alpha value is -1.17. The van der Waals surface area contributed by atoms with Crippen molar-refractivity contribution in [3.05, 3.63) is 62.6 Å². The van der Waals surface area contributed by atoms with Crippen LogP contribution < -0.4 is 10.1 Å². The van der Waals surface area contributed by atoms with Crippen LogP contribution in [0.15, 0.2) is 34.8 Å².